The average Bonchev–Trinajstić information content (AvgIpc) is 2.61. The minimum Gasteiger partial charge on any atom is -0.478 e. The normalized spacial score (nSPS) is 10.4. The molecule has 0 fully saturated rings. The van der Waals surface area contributed by atoms with E-state index in [9.17, 15) is 4.79 Å². The van der Waals surface area contributed by atoms with Gasteiger partial charge < -0.3 is 9.84 Å². The van der Waals surface area contributed by atoms with Gasteiger partial charge in [-0.25, -0.2) is 9.78 Å². The van der Waals surface area contributed by atoms with Gasteiger partial charge in [-0.2, -0.15) is 0 Å². The number of aromatic carboxylic acids is 1. The Bertz CT molecular complexity index is 843. The Labute approximate surface area is 140 Å². The summed E-state index contributed by atoms with van der Waals surface area (Å²) in [5, 5.41) is 9.17. The first kappa shape index (κ1) is 15.7. The van der Waals surface area contributed by atoms with Crippen molar-refractivity contribution in [1.82, 2.24) is 4.98 Å². The van der Waals surface area contributed by atoms with Crippen LogP contribution in [-0.2, 0) is 6.61 Å². The molecule has 24 heavy (non-hydrogen) atoms. The van der Waals surface area contributed by atoms with Crippen molar-refractivity contribution < 1.29 is 14.6 Å². The van der Waals surface area contributed by atoms with Crippen LogP contribution in [0.25, 0.3) is 11.1 Å². The highest BCUT2D eigenvalue weighted by Gasteiger charge is 2.07. The molecule has 0 aliphatic heterocycles. The number of nitrogens with zero attached hydrogens (tertiary/aromatic N) is 1. The third kappa shape index (κ3) is 3.79. The Morgan fingerprint density at radius 3 is 2.50 bits per heavy atom. The van der Waals surface area contributed by atoms with Gasteiger partial charge in [0.2, 0.25) is 5.88 Å². The van der Waals surface area contributed by atoms with E-state index in [1.165, 1.54) is 0 Å². The summed E-state index contributed by atoms with van der Waals surface area (Å²) in [6.45, 7) is 2.33. The van der Waals surface area contributed by atoms with Gasteiger partial charge in [0.25, 0.3) is 0 Å². The Morgan fingerprint density at radius 2 is 1.83 bits per heavy atom. The van der Waals surface area contributed by atoms with E-state index in [1.54, 1.807) is 24.4 Å². The first-order valence-corrected chi connectivity index (χ1v) is 7.60. The van der Waals surface area contributed by atoms with E-state index in [1.807, 2.05) is 49.4 Å². The lowest BCUT2D eigenvalue weighted by atomic mass is 10.0. The summed E-state index contributed by atoms with van der Waals surface area (Å²) in [6.07, 6.45) is 1.70. The molecule has 0 unspecified atom stereocenters. The van der Waals surface area contributed by atoms with Crippen LogP contribution in [0.2, 0.25) is 0 Å². The molecule has 0 aliphatic carbocycles. The van der Waals surface area contributed by atoms with Crippen molar-refractivity contribution in [2.45, 2.75) is 13.5 Å². The second kappa shape index (κ2) is 6.96. The number of pyridine rings is 1. The molecule has 0 atom stereocenters. The van der Waals surface area contributed by atoms with E-state index in [2.05, 4.69) is 4.98 Å². The van der Waals surface area contributed by atoms with Gasteiger partial charge in [-0.15, -0.1) is 0 Å². The van der Waals surface area contributed by atoms with Gasteiger partial charge in [-0.05, 0) is 41.8 Å². The van der Waals surface area contributed by atoms with Gasteiger partial charge in [0.05, 0.1) is 5.56 Å². The van der Waals surface area contributed by atoms with Gasteiger partial charge >= 0.3 is 5.97 Å². The number of rotatable bonds is 5. The summed E-state index contributed by atoms with van der Waals surface area (Å²) in [4.78, 5) is 15.5. The van der Waals surface area contributed by atoms with Crippen molar-refractivity contribution in [3.8, 4) is 17.0 Å². The molecule has 0 amide bonds. The number of carbonyl (C=O) groups is 1. The van der Waals surface area contributed by atoms with Crippen LogP contribution in [0, 0.1) is 6.92 Å². The molecule has 0 radical (unpaired) electrons. The zero-order chi connectivity index (χ0) is 16.9. The highest BCUT2D eigenvalue weighted by atomic mass is 16.5. The fourth-order valence-corrected chi connectivity index (χ4v) is 2.44. The molecule has 120 valence electrons. The predicted octanol–water partition coefficient (Wildman–Crippen LogP) is 4.33. The largest absolute Gasteiger partial charge is 0.478 e. The van der Waals surface area contributed by atoms with Crippen molar-refractivity contribution >= 4 is 5.97 Å². The molecule has 1 heterocycles. The Hall–Kier alpha value is -3.14. The van der Waals surface area contributed by atoms with Gasteiger partial charge in [-0.3, -0.25) is 0 Å². The first-order chi connectivity index (χ1) is 11.6. The van der Waals surface area contributed by atoms with Gasteiger partial charge in [0.1, 0.15) is 6.61 Å². The van der Waals surface area contributed by atoms with Crippen molar-refractivity contribution in [1.29, 1.82) is 0 Å². The molecule has 0 spiro atoms. The molecular formula is C20H17NO3. The van der Waals surface area contributed by atoms with Gasteiger partial charge in [0.15, 0.2) is 0 Å². The first-order valence-electron chi connectivity index (χ1n) is 7.60. The molecule has 3 rings (SSSR count). The minimum absolute atomic E-state index is 0.273. The maximum atomic E-state index is 11.2. The smallest absolute Gasteiger partial charge is 0.335 e. The molecule has 3 aromatic rings. The fourth-order valence-electron chi connectivity index (χ4n) is 2.44. The number of hydrogen-bond donors (Lipinski definition) is 1. The molecule has 4 heteroatoms. The van der Waals surface area contributed by atoms with Crippen LogP contribution in [0.15, 0.2) is 66.9 Å². The SMILES string of the molecule is Cc1cc(C(=O)O)cc(-c2ccc(OCc3ccccc3)nc2)c1. The van der Waals surface area contributed by atoms with Crippen LogP contribution in [0.4, 0.5) is 0 Å². The number of carboxylic acids is 1. The van der Waals surface area contributed by atoms with Crippen LogP contribution in [-0.4, -0.2) is 16.1 Å². The highest BCUT2D eigenvalue weighted by Crippen LogP contribution is 2.23. The van der Waals surface area contributed by atoms with Crippen molar-refractivity contribution in [2.75, 3.05) is 0 Å². The maximum Gasteiger partial charge on any atom is 0.335 e. The van der Waals surface area contributed by atoms with E-state index >= 15 is 0 Å². The highest BCUT2D eigenvalue weighted by molar-refractivity contribution is 5.89. The summed E-state index contributed by atoms with van der Waals surface area (Å²) in [6, 6.07) is 18.8. The van der Waals surface area contributed by atoms with E-state index in [-0.39, 0.29) is 5.56 Å². The van der Waals surface area contributed by atoms with E-state index in [4.69, 9.17) is 9.84 Å². The second-order valence-corrected chi connectivity index (χ2v) is 5.55. The molecular weight excluding hydrogens is 302 g/mol. The monoisotopic (exact) mass is 319 g/mol. The van der Waals surface area contributed by atoms with Crippen molar-refractivity contribution in [3.05, 3.63) is 83.6 Å². The van der Waals surface area contributed by atoms with E-state index in [0.29, 0.717) is 12.5 Å². The summed E-state index contributed by atoms with van der Waals surface area (Å²) < 4.78 is 5.66. The lowest BCUT2D eigenvalue weighted by Crippen LogP contribution is -1.98. The van der Waals surface area contributed by atoms with Crippen LogP contribution >= 0.6 is 0 Å². The average molecular weight is 319 g/mol. The quantitative estimate of drug-likeness (QED) is 0.760. The summed E-state index contributed by atoms with van der Waals surface area (Å²) in [7, 11) is 0. The topological polar surface area (TPSA) is 59.4 Å². The molecule has 1 aromatic heterocycles. The summed E-state index contributed by atoms with van der Waals surface area (Å²) in [5.41, 5.74) is 3.93. The number of aromatic nitrogens is 1. The van der Waals surface area contributed by atoms with Gasteiger partial charge in [0, 0.05) is 17.8 Å². The van der Waals surface area contributed by atoms with Crippen LogP contribution < -0.4 is 4.74 Å². The molecule has 1 N–H and O–H groups in total. The molecule has 0 saturated heterocycles. The fraction of sp³-hybridized carbons (Fsp3) is 0.100. The number of benzene rings is 2. The molecule has 2 aromatic carbocycles. The lowest BCUT2D eigenvalue weighted by molar-refractivity contribution is 0.0697. The Balaban J connectivity index is 1.76. The lowest BCUT2D eigenvalue weighted by Gasteiger charge is -2.08. The molecule has 0 saturated carbocycles. The predicted molar refractivity (Wildman–Crippen MR) is 92.1 cm³/mol. The van der Waals surface area contributed by atoms with Crippen LogP contribution in [0.5, 0.6) is 5.88 Å². The Kier molecular flexibility index (Phi) is 4.57. The number of ether oxygens (including phenoxy) is 1. The number of carboxylic acid groups (broad SMARTS) is 1. The second-order valence-electron chi connectivity index (χ2n) is 5.55. The van der Waals surface area contributed by atoms with E-state index < -0.39 is 5.97 Å². The number of hydrogen-bond acceptors (Lipinski definition) is 3. The maximum absolute atomic E-state index is 11.2. The molecule has 0 bridgehead atoms. The van der Waals surface area contributed by atoms with Crippen LogP contribution in [0.3, 0.4) is 0 Å². The number of aryl methyl sites for hydroxylation is 1. The standard InChI is InChI=1S/C20H17NO3/c1-14-9-17(11-18(10-14)20(22)23)16-7-8-19(21-12-16)24-13-15-5-3-2-4-6-15/h2-12H,13H2,1H3,(H,22,23). The van der Waals surface area contributed by atoms with Crippen LogP contribution in [0.1, 0.15) is 21.5 Å². The van der Waals surface area contributed by atoms with E-state index in [0.717, 1.165) is 22.3 Å². The van der Waals surface area contributed by atoms with Crippen molar-refractivity contribution in [3.63, 3.8) is 0 Å². The molecule has 4 nitrogen and oxygen atoms in total. The zero-order valence-electron chi connectivity index (χ0n) is 13.3. The third-order valence-corrected chi connectivity index (χ3v) is 3.62. The summed E-state index contributed by atoms with van der Waals surface area (Å²) in [5.74, 6) is -0.399. The molecule has 0 aliphatic rings. The third-order valence-electron chi connectivity index (χ3n) is 3.62. The zero-order valence-corrected chi connectivity index (χ0v) is 13.3. The summed E-state index contributed by atoms with van der Waals surface area (Å²) >= 11 is 0. The Morgan fingerprint density at radius 1 is 1.04 bits per heavy atom. The minimum atomic E-state index is -0.935. The van der Waals surface area contributed by atoms with Crippen molar-refractivity contribution in [2.24, 2.45) is 0 Å². The van der Waals surface area contributed by atoms with Gasteiger partial charge in [-0.1, -0.05) is 36.4 Å².